The van der Waals surface area contributed by atoms with Crippen LogP contribution in [0.1, 0.15) is 17.8 Å². The second-order valence-corrected chi connectivity index (χ2v) is 8.09. The van der Waals surface area contributed by atoms with Crippen LogP contribution in [0.25, 0.3) is 5.95 Å². The van der Waals surface area contributed by atoms with Gasteiger partial charge in [-0.3, -0.25) is 4.79 Å². The van der Waals surface area contributed by atoms with Gasteiger partial charge in [0.25, 0.3) is 5.95 Å². The number of thioether (sulfide) groups is 2. The van der Waals surface area contributed by atoms with Crippen molar-refractivity contribution in [3.8, 4) is 5.95 Å². The third kappa shape index (κ3) is 4.33. The van der Waals surface area contributed by atoms with Gasteiger partial charge in [-0.05, 0) is 26.3 Å². The van der Waals surface area contributed by atoms with Crippen LogP contribution in [-0.2, 0) is 14.3 Å². The minimum Gasteiger partial charge on any atom is -0.466 e. The molecule has 2 aromatic rings. The Morgan fingerprint density at radius 1 is 1.43 bits per heavy atom. The van der Waals surface area contributed by atoms with E-state index in [9.17, 15) is 9.59 Å². The van der Waals surface area contributed by atoms with Crippen molar-refractivity contribution in [3.63, 3.8) is 0 Å². The van der Waals surface area contributed by atoms with Crippen LogP contribution in [0.3, 0.4) is 0 Å². The molecule has 12 heteroatoms. The minimum atomic E-state index is -0.468. The maximum atomic E-state index is 12.0. The number of hydrogen-bond acceptors (Lipinski definition) is 9. The van der Waals surface area contributed by atoms with Crippen molar-refractivity contribution in [2.75, 3.05) is 31.0 Å². The molecule has 0 aliphatic carbocycles. The molecule has 2 N–H and O–H groups in total. The number of aryl methyl sites for hydroxylation is 2. The molecule has 1 saturated heterocycles. The van der Waals surface area contributed by atoms with Crippen LogP contribution in [-0.4, -0.2) is 66.6 Å². The first-order valence-corrected chi connectivity index (χ1v) is 10.5. The largest absolute Gasteiger partial charge is 0.466 e. The summed E-state index contributed by atoms with van der Waals surface area (Å²) in [5.41, 5.74) is 1.79. The first-order chi connectivity index (χ1) is 13.4. The molecule has 1 aliphatic heterocycles. The van der Waals surface area contributed by atoms with Gasteiger partial charge >= 0.3 is 5.97 Å². The summed E-state index contributed by atoms with van der Waals surface area (Å²) in [5, 5.41) is 13.8. The molecule has 0 atom stereocenters. The molecule has 0 radical (unpaired) electrons. The highest BCUT2D eigenvalue weighted by Crippen LogP contribution is 2.29. The van der Waals surface area contributed by atoms with Crippen molar-refractivity contribution in [3.05, 3.63) is 28.6 Å². The number of carbonyl (C=O) groups excluding carboxylic acids is 2. The zero-order valence-corrected chi connectivity index (χ0v) is 17.4. The summed E-state index contributed by atoms with van der Waals surface area (Å²) in [7, 11) is 1.31. The van der Waals surface area contributed by atoms with E-state index in [1.165, 1.54) is 41.4 Å². The molecule has 0 unspecified atom stereocenters. The number of nitrogens with zero attached hydrogens (tertiary/aromatic N) is 6. The Labute approximate surface area is 170 Å². The normalized spacial score (nSPS) is 15.6. The third-order valence-electron chi connectivity index (χ3n) is 3.96. The number of nitrogen functional groups attached to an aromatic ring is 1. The zero-order chi connectivity index (χ0) is 20.3. The number of ether oxygens (including phenoxy) is 1. The predicted octanol–water partition coefficient (Wildman–Crippen LogP) is 0.866. The lowest BCUT2D eigenvalue weighted by Crippen LogP contribution is -2.26. The minimum absolute atomic E-state index is 0.0149. The summed E-state index contributed by atoms with van der Waals surface area (Å²) >= 11 is 2.78. The summed E-state index contributed by atoms with van der Waals surface area (Å²) in [6, 6.07) is 1.94. The number of amides is 1. The monoisotopic (exact) mass is 423 g/mol. The van der Waals surface area contributed by atoms with Crippen molar-refractivity contribution in [2.45, 2.75) is 25.4 Å². The SMILES string of the molecule is COC(=O)/C=C1/SCC(=O)N1CCCSc1nnc(-n2nc(C)cc2C)n1N. The summed E-state index contributed by atoms with van der Waals surface area (Å²) in [4.78, 5) is 25.0. The lowest BCUT2D eigenvalue weighted by molar-refractivity contribution is -0.134. The highest BCUT2D eigenvalue weighted by Gasteiger charge is 2.27. The van der Waals surface area contributed by atoms with Crippen LogP contribution in [0.5, 0.6) is 0 Å². The number of rotatable bonds is 7. The van der Waals surface area contributed by atoms with Crippen molar-refractivity contribution < 1.29 is 14.3 Å². The fraction of sp³-hybridized carbons (Fsp3) is 0.438. The van der Waals surface area contributed by atoms with Gasteiger partial charge in [0.2, 0.25) is 11.1 Å². The Morgan fingerprint density at radius 3 is 2.89 bits per heavy atom. The van der Waals surface area contributed by atoms with E-state index >= 15 is 0 Å². The maximum absolute atomic E-state index is 12.0. The van der Waals surface area contributed by atoms with Gasteiger partial charge < -0.3 is 15.5 Å². The number of nitrogens with two attached hydrogens (primary N) is 1. The van der Waals surface area contributed by atoms with Crippen molar-refractivity contribution >= 4 is 35.4 Å². The average Bonchev–Trinajstić information content (AvgIpc) is 3.30. The molecule has 0 saturated carbocycles. The van der Waals surface area contributed by atoms with Crippen LogP contribution in [0.15, 0.2) is 22.3 Å². The molecule has 1 amide bonds. The molecule has 0 spiro atoms. The van der Waals surface area contributed by atoms with Gasteiger partial charge in [-0.2, -0.15) is 5.10 Å². The maximum Gasteiger partial charge on any atom is 0.333 e. The number of esters is 1. The van der Waals surface area contributed by atoms with Crippen LogP contribution in [0.4, 0.5) is 0 Å². The van der Waals surface area contributed by atoms with Crippen molar-refractivity contribution in [2.24, 2.45) is 0 Å². The molecule has 2 aromatic heterocycles. The molecule has 1 fully saturated rings. The average molecular weight is 424 g/mol. The van der Waals surface area contributed by atoms with E-state index in [4.69, 9.17) is 5.84 Å². The predicted molar refractivity (Wildman–Crippen MR) is 106 cm³/mol. The molecule has 3 rings (SSSR count). The first-order valence-electron chi connectivity index (χ1n) is 8.50. The summed E-state index contributed by atoms with van der Waals surface area (Å²) < 4.78 is 7.69. The number of hydrogen-bond donors (Lipinski definition) is 1. The Kier molecular flexibility index (Phi) is 6.29. The van der Waals surface area contributed by atoms with Crippen LogP contribution in [0, 0.1) is 13.8 Å². The van der Waals surface area contributed by atoms with E-state index in [2.05, 4.69) is 20.0 Å². The number of methoxy groups -OCH3 is 1. The topological polar surface area (TPSA) is 121 Å². The van der Waals surface area contributed by atoms with Crippen molar-refractivity contribution in [1.82, 2.24) is 29.6 Å². The number of carbonyl (C=O) groups is 2. The smallest absolute Gasteiger partial charge is 0.333 e. The van der Waals surface area contributed by atoms with E-state index in [1.807, 2.05) is 19.9 Å². The van der Waals surface area contributed by atoms with E-state index < -0.39 is 5.97 Å². The summed E-state index contributed by atoms with van der Waals surface area (Å²) in [6.45, 7) is 4.33. The Morgan fingerprint density at radius 2 is 2.21 bits per heavy atom. The second-order valence-electron chi connectivity index (χ2n) is 6.03. The van der Waals surface area contributed by atoms with Crippen LogP contribution >= 0.6 is 23.5 Å². The highest BCUT2D eigenvalue weighted by molar-refractivity contribution is 8.04. The lowest BCUT2D eigenvalue weighted by Gasteiger charge is -2.16. The molecule has 0 bridgehead atoms. The van der Waals surface area contributed by atoms with Crippen LogP contribution in [0.2, 0.25) is 0 Å². The summed E-state index contributed by atoms with van der Waals surface area (Å²) in [5.74, 6) is 7.10. The second kappa shape index (κ2) is 8.69. The Hall–Kier alpha value is -2.47. The van der Waals surface area contributed by atoms with Crippen molar-refractivity contribution in [1.29, 1.82) is 0 Å². The van der Waals surface area contributed by atoms with Gasteiger partial charge in [-0.1, -0.05) is 23.5 Å². The Bertz CT molecular complexity index is 921. The fourth-order valence-corrected chi connectivity index (χ4v) is 4.39. The fourth-order valence-electron chi connectivity index (χ4n) is 2.66. The highest BCUT2D eigenvalue weighted by atomic mass is 32.2. The molecular formula is C16H21N7O3S2. The first kappa shape index (κ1) is 20.3. The van der Waals surface area contributed by atoms with Gasteiger partial charge in [0.15, 0.2) is 0 Å². The molecule has 10 nitrogen and oxygen atoms in total. The van der Waals surface area contributed by atoms with Crippen LogP contribution < -0.4 is 5.84 Å². The number of aromatic nitrogens is 5. The van der Waals surface area contributed by atoms with E-state index in [-0.39, 0.29) is 5.91 Å². The molecule has 1 aliphatic rings. The van der Waals surface area contributed by atoms with E-state index in [0.29, 0.717) is 40.6 Å². The molecule has 0 aromatic carbocycles. The third-order valence-corrected chi connectivity index (χ3v) is 6.01. The van der Waals surface area contributed by atoms with Gasteiger partial charge in [-0.25, -0.2) is 14.2 Å². The quantitative estimate of drug-likeness (QED) is 0.227. The lowest BCUT2D eigenvalue weighted by atomic mass is 10.4. The standard InChI is InChI=1S/C16H21N7O3S2/c1-10-7-11(2)23(20-10)15-18-19-16(22(15)17)27-6-4-5-21-12(24)9-28-13(21)8-14(25)26-3/h7-8H,4-6,9,17H2,1-3H3/b13-8+. The zero-order valence-electron chi connectivity index (χ0n) is 15.8. The van der Waals surface area contributed by atoms with E-state index in [0.717, 1.165) is 11.4 Å². The van der Waals surface area contributed by atoms with Gasteiger partial charge in [-0.15, -0.1) is 10.2 Å². The van der Waals surface area contributed by atoms with Gasteiger partial charge in [0, 0.05) is 18.0 Å². The molecule has 28 heavy (non-hydrogen) atoms. The Balaban J connectivity index is 1.57. The summed E-state index contributed by atoms with van der Waals surface area (Å²) in [6.07, 6.45) is 2.05. The molecular weight excluding hydrogens is 402 g/mol. The van der Waals surface area contributed by atoms with Gasteiger partial charge in [0.05, 0.1) is 29.7 Å². The van der Waals surface area contributed by atoms with Gasteiger partial charge in [0.1, 0.15) is 0 Å². The molecule has 3 heterocycles. The van der Waals surface area contributed by atoms with E-state index in [1.54, 1.807) is 9.58 Å². The molecule has 150 valence electrons.